The van der Waals surface area contributed by atoms with Crippen molar-refractivity contribution in [2.24, 2.45) is 0 Å². The van der Waals surface area contributed by atoms with Crippen LogP contribution in [0.15, 0.2) is 17.5 Å². The summed E-state index contributed by atoms with van der Waals surface area (Å²) in [5.41, 5.74) is -0.0640. The van der Waals surface area contributed by atoms with Crippen LogP contribution in [0.2, 0.25) is 0 Å². The Labute approximate surface area is 83.2 Å². The highest BCUT2D eigenvalue weighted by Gasteiger charge is 2.13. The number of carbonyl (C=O) groups excluding carboxylic acids is 1. The van der Waals surface area contributed by atoms with Gasteiger partial charge in [0.05, 0.1) is 5.56 Å². The van der Waals surface area contributed by atoms with Crippen LogP contribution in [0.1, 0.15) is 15.9 Å². The molecule has 2 aromatic rings. The van der Waals surface area contributed by atoms with Crippen LogP contribution in [0.25, 0.3) is 10.1 Å². The van der Waals surface area contributed by atoms with E-state index in [1.807, 2.05) is 0 Å². The molecule has 0 N–H and O–H groups in total. The quantitative estimate of drug-likeness (QED) is 0.671. The van der Waals surface area contributed by atoms with E-state index in [1.54, 1.807) is 17.5 Å². The lowest BCUT2D eigenvalue weighted by Crippen LogP contribution is -1.92. The second-order valence-corrected chi connectivity index (χ2v) is 3.66. The molecule has 14 heavy (non-hydrogen) atoms. The van der Waals surface area contributed by atoms with Crippen molar-refractivity contribution in [1.29, 1.82) is 5.26 Å². The highest BCUT2D eigenvalue weighted by molar-refractivity contribution is 7.17. The van der Waals surface area contributed by atoms with Crippen LogP contribution in [0.5, 0.6) is 0 Å². The average Bonchev–Trinajstić information content (AvgIpc) is 2.65. The van der Waals surface area contributed by atoms with Crippen molar-refractivity contribution < 1.29 is 9.18 Å². The molecule has 0 saturated carbocycles. The number of benzene rings is 1. The number of thiophene rings is 1. The molecule has 0 amide bonds. The zero-order valence-electron chi connectivity index (χ0n) is 6.95. The SMILES string of the molecule is N#Cc1c(C=O)cc2sccc2c1F. The second-order valence-electron chi connectivity index (χ2n) is 2.72. The number of fused-ring (bicyclic) bond motifs is 1. The van der Waals surface area contributed by atoms with Crippen molar-refractivity contribution >= 4 is 27.7 Å². The van der Waals surface area contributed by atoms with Crippen LogP contribution >= 0.6 is 11.3 Å². The number of nitrogens with zero attached hydrogens (tertiary/aromatic N) is 1. The standard InChI is InChI=1S/C10H4FNOS/c11-10-7-1-2-14-9(7)3-6(5-13)8(10)4-12/h1-3,5H. The van der Waals surface area contributed by atoms with Gasteiger partial charge in [0.2, 0.25) is 0 Å². The molecular formula is C10H4FNOS. The minimum Gasteiger partial charge on any atom is -0.298 e. The van der Waals surface area contributed by atoms with E-state index in [2.05, 4.69) is 0 Å². The summed E-state index contributed by atoms with van der Waals surface area (Å²) in [6, 6.07) is 4.83. The summed E-state index contributed by atoms with van der Waals surface area (Å²) in [6.45, 7) is 0. The van der Waals surface area contributed by atoms with Gasteiger partial charge < -0.3 is 0 Å². The van der Waals surface area contributed by atoms with Crippen LogP contribution in [0, 0.1) is 17.1 Å². The third-order valence-corrected chi connectivity index (χ3v) is 2.83. The zero-order valence-corrected chi connectivity index (χ0v) is 7.77. The molecule has 1 aromatic heterocycles. The number of hydrogen-bond donors (Lipinski definition) is 0. The zero-order chi connectivity index (χ0) is 10.1. The number of rotatable bonds is 1. The smallest absolute Gasteiger partial charge is 0.151 e. The van der Waals surface area contributed by atoms with Crippen LogP contribution in [0.3, 0.4) is 0 Å². The van der Waals surface area contributed by atoms with Crippen LogP contribution < -0.4 is 0 Å². The summed E-state index contributed by atoms with van der Waals surface area (Å²) in [5.74, 6) is -0.603. The van der Waals surface area contributed by atoms with Crippen LogP contribution in [-0.2, 0) is 0 Å². The van der Waals surface area contributed by atoms with E-state index in [0.717, 1.165) is 0 Å². The number of aldehydes is 1. The third kappa shape index (κ3) is 1.10. The molecule has 0 bridgehead atoms. The maximum Gasteiger partial charge on any atom is 0.151 e. The monoisotopic (exact) mass is 205 g/mol. The van der Waals surface area contributed by atoms with Gasteiger partial charge in [-0.1, -0.05) is 0 Å². The summed E-state index contributed by atoms with van der Waals surface area (Å²) >= 11 is 1.34. The van der Waals surface area contributed by atoms with Gasteiger partial charge in [-0.3, -0.25) is 4.79 Å². The van der Waals surface area contributed by atoms with Crippen molar-refractivity contribution in [1.82, 2.24) is 0 Å². The minimum atomic E-state index is -0.603. The van der Waals surface area contributed by atoms with Crippen molar-refractivity contribution in [3.8, 4) is 6.07 Å². The first-order chi connectivity index (χ1) is 6.77. The van der Waals surface area contributed by atoms with Crippen molar-refractivity contribution in [3.63, 3.8) is 0 Å². The molecule has 1 heterocycles. The fraction of sp³-hybridized carbons (Fsp3) is 0. The van der Waals surface area contributed by atoms with Gasteiger partial charge in [-0.25, -0.2) is 4.39 Å². The molecule has 0 aliphatic rings. The molecule has 0 aliphatic heterocycles. The maximum absolute atomic E-state index is 13.6. The van der Waals surface area contributed by atoms with Gasteiger partial charge in [0, 0.05) is 15.6 Å². The van der Waals surface area contributed by atoms with Crippen molar-refractivity contribution in [2.45, 2.75) is 0 Å². The van der Waals surface area contributed by atoms with Crippen molar-refractivity contribution in [3.05, 3.63) is 34.5 Å². The molecule has 0 saturated heterocycles. The summed E-state index contributed by atoms with van der Waals surface area (Å²) in [7, 11) is 0. The largest absolute Gasteiger partial charge is 0.298 e. The van der Waals surface area contributed by atoms with Gasteiger partial charge >= 0.3 is 0 Å². The van der Waals surface area contributed by atoms with Gasteiger partial charge in [-0.2, -0.15) is 5.26 Å². The predicted molar refractivity (Wildman–Crippen MR) is 51.9 cm³/mol. The first-order valence-electron chi connectivity index (χ1n) is 3.83. The van der Waals surface area contributed by atoms with E-state index in [-0.39, 0.29) is 11.1 Å². The second kappa shape index (κ2) is 3.20. The van der Waals surface area contributed by atoms with E-state index in [9.17, 15) is 9.18 Å². The minimum absolute atomic E-state index is 0.111. The Morgan fingerprint density at radius 2 is 2.36 bits per heavy atom. The Bertz CT molecular complexity index is 553. The Kier molecular flexibility index (Phi) is 2.02. The molecule has 0 aliphatic carbocycles. The first kappa shape index (κ1) is 8.85. The Balaban J connectivity index is 2.94. The summed E-state index contributed by atoms with van der Waals surface area (Å²) < 4.78 is 14.3. The molecule has 68 valence electrons. The number of halogens is 1. The fourth-order valence-electron chi connectivity index (χ4n) is 1.30. The number of nitriles is 1. The Hall–Kier alpha value is -1.73. The topological polar surface area (TPSA) is 40.9 Å². The number of hydrogen-bond acceptors (Lipinski definition) is 3. The van der Waals surface area contributed by atoms with E-state index in [0.29, 0.717) is 16.4 Å². The van der Waals surface area contributed by atoms with Gasteiger partial charge in [-0.15, -0.1) is 11.3 Å². The Morgan fingerprint density at radius 1 is 1.57 bits per heavy atom. The summed E-state index contributed by atoms with van der Waals surface area (Å²) in [5, 5.41) is 10.8. The molecule has 2 rings (SSSR count). The van der Waals surface area contributed by atoms with Crippen LogP contribution in [0.4, 0.5) is 4.39 Å². The molecule has 0 atom stereocenters. The highest BCUT2D eigenvalue weighted by atomic mass is 32.1. The first-order valence-corrected chi connectivity index (χ1v) is 4.71. The van der Waals surface area contributed by atoms with Gasteiger partial charge in [0.15, 0.2) is 6.29 Å². The molecular weight excluding hydrogens is 201 g/mol. The van der Waals surface area contributed by atoms with Crippen molar-refractivity contribution in [2.75, 3.05) is 0 Å². The van der Waals surface area contributed by atoms with E-state index in [4.69, 9.17) is 5.26 Å². The van der Waals surface area contributed by atoms with E-state index >= 15 is 0 Å². The van der Waals surface area contributed by atoms with Gasteiger partial charge in [0.1, 0.15) is 11.9 Å². The maximum atomic E-state index is 13.6. The highest BCUT2D eigenvalue weighted by Crippen LogP contribution is 2.27. The molecule has 4 heteroatoms. The average molecular weight is 205 g/mol. The van der Waals surface area contributed by atoms with Crippen LogP contribution in [-0.4, -0.2) is 6.29 Å². The molecule has 1 aromatic carbocycles. The Morgan fingerprint density at radius 3 is 3.00 bits per heavy atom. The third-order valence-electron chi connectivity index (χ3n) is 1.97. The summed E-state index contributed by atoms with van der Waals surface area (Å²) in [4.78, 5) is 10.6. The molecule has 0 radical (unpaired) electrons. The van der Waals surface area contributed by atoms with E-state index < -0.39 is 5.82 Å². The molecule has 2 nitrogen and oxygen atoms in total. The fourth-order valence-corrected chi connectivity index (χ4v) is 2.13. The number of carbonyl (C=O) groups is 1. The normalized spacial score (nSPS) is 10.0. The lowest BCUT2D eigenvalue weighted by molar-refractivity contribution is 0.112. The van der Waals surface area contributed by atoms with E-state index in [1.165, 1.54) is 17.4 Å². The molecule has 0 spiro atoms. The lowest BCUT2D eigenvalue weighted by atomic mass is 10.1. The predicted octanol–water partition coefficient (Wildman–Crippen LogP) is 2.72. The van der Waals surface area contributed by atoms with Gasteiger partial charge in [0.25, 0.3) is 0 Å². The lowest BCUT2D eigenvalue weighted by Gasteiger charge is -1.98. The molecule has 0 unspecified atom stereocenters. The summed E-state index contributed by atoms with van der Waals surface area (Å²) in [6.07, 6.45) is 0.501. The molecule has 0 fully saturated rings. The van der Waals surface area contributed by atoms with Gasteiger partial charge in [-0.05, 0) is 17.5 Å².